The monoisotopic (exact) mass is 292 g/mol. The van der Waals surface area contributed by atoms with Crippen molar-refractivity contribution < 1.29 is 18.0 Å². The molecule has 0 saturated heterocycles. The van der Waals surface area contributed by atoms with Gasteiger partial charge >= 0.3 is 12.1 Å². The van der Waals surface area contributed by atoms with Gasteiger partial charge in [0, 0.05) is 24.6 Å². The van der Waals surface area contributed by atoms with E-state index in [0.29, 0.717) is 12.1 Å². The second kappa shape index (κ2) is 4.87. The fourth-order valence-corrected chi connectivity index (χ4v) is 2.49. The molecule has 108 valence electrons. The number of carbonyl (C=O) groups excluding carboxylic acids is 1. The molecule has 2 heterocycles. The van der Waals surface area contributed by atoms with Gasteiger partial charge in [0.2, 0.25) is 0 Å². The van der Waals surface area contributed by atoms with Crippen molar-refractivity contribution in [3.63, 3.8) is 0 Å². The molecule has 0 bridgehead atoms. The van der Waals surface area contributed by atoms with Crippen molar-refractivity contribution in [2.24, 2.45) is 0 Å². The van der Waals surface area contributed by atoms with Crippen molar-refractivity contribution in [3.8, 4) is 11.1 Å². The van der Waals surface area contributed by atoms with Crippen molar-refractivity contribution in [1.29, 1.82) is 0 Å². The number of benzene rings is 1. The number of hydrogen-bond acceptors (Lipinski definition) is 2. The number of anilines is 1. The summed E-state index contributed by atoms with van der Waals surface area (Å²) in [5.41, 5.74) is 2.93. The standard InChI is InChI=1S/C15H11F3N2O/c16-15(17,18)14(21)20-8-5-12-9-11(1-2-13(12)20)10-3-6-19-7-4-10/h1-4,6-7,9H,5,8H2. The van der Waals surface area contributed by atoms with Crippen LogP contribution in [0.5, 0.6) is 0 Å². The topological polar surface area (TPSA) is 33.2 Å². The maximum absolute atomic E-state index is 12.5. The molecule has 2 aromatic rings. The molecule has 1 aromatic carbocycles. The van der Waals surface area contributed by atoms with Gasteiger partial charge in [-0.2, -0.15) is 13.2 Å². The zero-order chi connectivity index (χ0) is 15.0. The van der Waals surface area contributed by atoms with Crippen LogP contribution in [0, 0.1) is 0 Å². The Hall–Kier alpha value is -2.37. The van der Waals surface area contributed by atoms with Crippen molar-refractivity contribution in [1.82, 2.24) is 4.98 Å². The third-order valence-corrected chi connectivity index (χ3v) is 3.48. The minimum absolute atomic E-state index is 0.0630. The van der Waals surface area contributed by atoms with E-state index in [1.807, 2.05) is 18.2 Å². The molecule has 1 aliphatic heterocycles. The number of pyridine rings is 1. The van der Waals surface area contributed by atoms with Gasteiger partial charge in [-0.15, -0.1) is 0 Å². The number of alkyl halides is 3. The van der Waals surface area contributed by atoms with Crippen molar-refractivity contribution >= 4 is 11.6 Å². The fraction of sp³-hybridized carbons (Fsp3) is 0.200. The van der Waals surface area contributed by atoms with E-state index < -0.39 is 12.1 Å². The van der Waals surface area contributed by atoms with Crippen LogP contribution in [0.15, 0.2) is 42.7 Å². The number of rotatable bonds is 1. The molecule has 0 aliphatic carbocycles. The van der Waals surface area contributed by atoms with Gasteiger partial charge in [0.1, 0.15) is 0 Å². The Morgan fingerprint density at radius 2 is 1.81 bits per heavy atom. The molecule has 1 aliphatic rings. The molecule has 1 amide bonds. The third kappa shape index (κ3) is 2.49. The first-order chi connectivity index (χ1) is 9.97. The Balaban J connectivity index is 1.95. The highest BCUT2D eigenvalue weighted by atomic mass is 19.4. The molecule has 1 aromatic heterocycles. The van der Waals surface area contributed by atoms with E-state index in [4.69, 9.17) is 0 Å². The number of nitrogens with zero attached hydrogens (tertiary/aromatic N) is 2. The zero-order valence-corrected chi connectivity index (χ0v) is 10.9. The Morgan fingerprint density at radius 1 is 1.10 bits per heavy atom. The molecule has 3 rings (SSSR count). The summed E-state index contributed by atoms with van der Waals surface area (Å²) in [6, 6.07) is 8.77. The van der Waals surface area contributed by atoms with E-state index in [1.54, 1.807) is 24.5 Å². The largest absolute Gasteiger partial charge is 0.471 e. The van der Waals surface area contributed by atoms with Gasteiger partial charge in [0.05, 0.1) is 0 Å². The Bertz CT molecular complexity index is 683. The summed E-state index contributed by atoms with van der Waals surface area (Å²) < 4.78 is 37.6. The van der Waals surface area contributed by atoms with E-state index in [9.17, 15) is 18.0 Å². The smallest absolute Gasteiger partial charge is 0.304 e. The SMILES string of the molecule is O=C(N1CCc2cc(-c3ccncc3)ccc21)C(F)(F)F. The van der Waals surface area contributed by atoms with Gasteiger partial charge in [0.25, 0.3) is 0 Å². The lowest BCUT2D eigenvalue weighted by molar-refractivity contribution is -0.170. The van der Waals surface area contributed by atoms with Crippen LogP contribution < -0.4 is 4.90 Å². The van der Waals surface area contributed by atoms with Gasteiger partial charge in [0.15, 0.2) is 0 Å². The average molecular weight is 292 g/mol. The van der Waals surface area contributed by atoms with Gasteiger partial charge in [-0.1, -0.05) is 6.07 Å². The van der Waals surface area contributed by atoms with Gasteiger partial charge < -0.3 is 4.90 Å². The first kappa shape index (κ1) is 13.6. The maximum atomic E-state index is 12.5. The van der Waals surface area contributed by atoms with Crippen molar-refractivity contribution in [2.75, 3.05) is 11.4 Å². The van der Waals surface area contributed by atoms with Crippen LogP contribution in [0.2, 0.25) is 0 Å². The van der Waals surface area contributed by atoms with Crippen LogP contribution in [0.25, 0.3) is 11.1 Å². The van der Waals surface area contributed by atoms with Crippen LogP contribution in [0.4, 0.5) is 18.9 Å². The van der Waals surface area contributed by atoms with Gasteiger partial charge in [-0.3, -0.25) is 9.78 Å². The molecular weight excluding hydrogens is 281 g/mol. The summed E-state index contributed by atoms with van der Waals surface area (Å²) in [5.74, 6) is -1.81. The molecule has 21 heavy (non-hydrogen) atoms. The number of carbonyl (C=O) groups is 1. The van der Waals surface area contributed by atoms with Crippen molar-refractivity contribution in [2.45, 2.75) is 12.6 Å². The van der Waals surface area contributed by atoms with Crippen LogP contribution in [-0.4, -0.2) is 23.6 Å². The summed E-state index contributed by atoms with van der Waals surface area (Å²) in [5, 5.41) is 0. The number of fused-ring (bicyclic) bond motifs is 1. The lowest BCUT2D eigenvalue weighted by Gasteiger charge is -2.18. The fourth-order valence-electron chi connectivity index (χ4n) is 2.49. The number of hydrogen-bond donors (Lipinski definition) is 0. The molecule has 3 nitrogen and oxygen atoms in total. The minimum atomic E-state index is -4.84. The molecule has 0 spiro atoms. The zero-order valence-electron chi connectivity index (χ0n) is 10.9. The van der Waals surface area contributed by atoms with Gasteiger partial charge in [-0.05, 0) is 47.4 Å². The second-order valence-electron chi connectivity index (χ2n) is 4.78. The van der Waals surface area contributed by atoms with Crippen molar-refractivity contribution in [3.05, 3.63) is 48.3 Å². The first-order valence-corrected chi connectivity index (χ1v) is 6.39. The summed E-state index contributed by atoms with van der Waals surface area (Å²) >= 11 is 0. The van der Waals surface area contributed by atoms with E-state index in [-0.39, 0.29) is 6.54 Å². The Kier molecular flexibility index (Phi) is 3.16. The maximum Gasteiger partial charge on any atom is 0.471 e. The highest BCUT2D eigenvalue weighted by molar-refractivity contribution is 5.99. The van der Waals surface area contributed by atoms with Gasteiger partial charge in [-0.25, -0.2) is 0 Å². The van der Waals surface area contributed by atoms with Crippen LogP contribution in [0.1, 0.15) is 5.56 Å². The Labute approximate surface area is 119 Å². The normalized spacial score (nSPS) is 14.1. The van der Waals surface area contributed by atoms with E-state index in [1.165, 1.54) is 0 Å². The third-order valence-electron chi connectivity index (χ3n) is 3.48. The predicted octanol–water partition coefficient (Wildman–Crippen LogP) is 3.20. The number of amides is 1. The molecule has 0 unspecified atom stereocenters. The van der Waals surface area contributed by atoms with Crippen LogP contribution in [-0.2, 0) is 11.2 Å². The Morgan fingerprint density at radius 3 is 2.48 bits per heavy atom. The molecule has 0 N–H and O–H groups in total. The quantitative estimate of drug-likeness (QED) is 0.808. The molecule has 0 saturated carbocycles. The first-order valence-electron chi connectivity index (χ1n) is 6.39. The van der Waals surface area contributed by atoms with Crippen LogP contribution >= 0.6 is 0 Å². The lowest BCUT2D eigenvalue weighted by Crippen LogP contribution is -2.40. The van der Waals surface area contributed by atoms with E-state index in [2.05, 4.69) is 4.98 Å². The molecule has 0 radical (unpaired) electrons. The summed E-state index contributed by atoms with van der Waals surface area (Å²) in [6.45, 7) is 0.0630. The summed E-state index contributed by atoms with van der Waals surface area (Å²) in [7, 11) is 0. The average Bonchev–Trinajstić information content (AvgIpc) is 2.89. The highest BCUT2D eigenvalue weighted by Crippen LogP contribution is 2.34. The highest BCUT2D eigenvalue weighted by Gasteiger charge is 2.44. The summed E-state index contributed by atoms with van der Waals surface area (Å²) in [4.78, 5) is 16.1. The van der Waals surface area contributed by atoms with Crippen LogP contribution in [0.3, 0.4) is 0 Å². The minimum Gasteiger partial charge on any atom is -0.304 e. The molecular formula is C15H11F3N2O. The van der Waals surface area contributed by atoms with E-state index >= 15 is 0 Å². The second-order valence-corrected chi connectivity index (χ2v) is 4.78. The summed E-state index contributed by atoms with van der Waals surface area (Å²) in [6.07, 6.45) is -1.11. The van der Waals surface area contributed by atoms with E-state index in [0.717, 1.165) is 21.6 Å². The lowest BCUT2D eigenvalue weighted by atomic mass is 10.0. The number of aromatic nitrogens is 1. The molecule has 6 heteroatoms. The predicted molar refractivity (Wildman–Crippen MR) is 71.8 cm³/mol. The molecule has 0 fully saturated rings. The number of halogens is 3. The molecule has 0 atom stereocenters.